The Morgan fingerprint density at radius 2 is 2.22 bits per heavy atom. The number of rotatable bonds is 7. The Kier molecular flexibility index (Phi) is 5.57. The van der Waals surface area contributed by atoms with Crippen molar-refractivity contribution in [2.45, 2.75) is 32.7 Å². The van der Waals surface area contributed by atoms with E-state index < -0.39 is 5.91 Å². The summed E-state index contributed by atoms with van der Waals surface area (Å²) in [6.45, 7) is 4.25. The smallest absolute Gasteiger partial charge is 0.322 e. The highest BCUT2D eigenvalue weighted by Gasteiger charge is 2.10. The van der Waals surface area contributed by atoms with Crippen LogP contribution in [-0.2, 0) is 4.79 Å². The highest BCUT2D eigenvalue weighted by atomic mass is 35.5. The van der Waals surface area contributed by atoms with E-state index >= 15 is 0 Å². The van der Waals surface area contributed by atoms with Gasteiger partial charge >= 0.3 is 6.01 Å². The lowest BCUT2D eigenvalue weighted by Crippen LogP contribution is -2.25. The maximum absolute atomic E-state index is 10.8. The fraction of sp³-hybridized carbons (Fsp3) is 0.600. The number of nitrogens with two attached hydrogens (primary N) is 1. The molecule has 7 nitrogen and oxygen atoms in total. The first kappa shape index (κ1) is 14.4. The first-order valence-electron chi connectivity index (χ1n) is 5.60. The molecule has 0 aliphatic rings. The van der Waals surface area contributed by atoms with Crippen LogP contribution in [0, 0.1) is 0 Å². The van der Waals surface area contributed by atoms with Gasteiger partial charge in [-0.15, -0.1) is 0 Å². The lowest BCUT2D eigenvalue weighted by atomic mass is 10.2. The molecule has 0 saturated heterocycles. The van der Waals surface area contributed by atoms with Gasteiger partial charge in [0, 0.05) is 12.5 Å². The van der Waals surface area contributed by atoms with E-state index in [-0.39, 0.29) is 29.7 Å². The predicted molar refractivity (Wildman–Crippen MR) is 67.5 cm³/mol. The molecule has 1 aromatic heterocycles. The average Bonchev–Trinajstić information content (AvgIpc) is 2.24. The van der Waals surface area contributed by atoms with Crippen molar-refractivity contribution in [2.24, 2.45) is 5.73 Å². The first-order valence-corrected chi connectivity index (χ1v) is 5.98. The minimum Gasteiger partial charge on any atom is -0.463 e. The Balaban J connectivity index is 2.69. The monoisotopic (exact) mass is 273 g/mol. The Hall–Kier alpha value is -1.63. The second-order valence-corrected chi connectivity index (χ2v) is 4.11. The Labute approximate surface area is 110 Å². The third kappa shape index (κ3) is 5.13. The zero-order valence-corrected chi connectivity index (χ0v) is 11.1. The van der Waals surface area contributed by atoms with E-state index in [1.165, 1.54) is 0 Å². The third-order valence-electron chi connectivity index (χ3n) is 1.91. The summed E-state index contributed by atoms with van der Waals surface area (Å²) in [5.74, 6) is -0.146. The number of carbonyl (C=O) groups excluding carboxylic acids is 1. The number of amides is 1. The molecular weight excluding hydrogens is 258 g/mol. The number of nitrogens with one attached hydrogen (secondary N) is 1. The third-order valence-corrected chi connectivity index (χ3v) is 2.07. The van der Waals surface area contributed by atoms with Crippen molar-refractivity contribution < 1.29 is 9.53 Å². The number of nitrogens with zero attached hydrogens (tertiary/aromatic N) is 3. The highest BCUT2D eigenvalue weighted by molar-refractivity contribution is 6.28. The minimum atomic E-state index is -0.405. The molecule has 8 heteroatoms. The van der Waals surface area contributed by atoms with Crippen molar-refractivity contribution in [1.29, 1.82) is 0 Å². The maximum atomic E-state index is 10.8. The molecule has 1 amide bonds. The van der Waals surface area contributed by atoms with Gasteiger partial charge in [-0.25, -0.2) is 0 Å². The quantitative estimate of drug-likeness (QED) is 0.768. The number of ether oxygens (including phenoxy) is 1. The van der Waals surface area contributed by atoms with Crippen molar-refractivity contribution in [3.05, 3.63) is 5.28 Å². The van der Waals surface area contributed by atoms with Crippen LogP contribution in [0.25, 0.3) is 0 Å². The Morgan fingerprint density at radius 1 is 1.50 bits per heavy atom. The van der Waals surface area contributed by atoms with E-state index in [1.54, 1.807) is 6.92 Å². The zero-order chi connectivity index (χ0) is 13.5. The van der Waals surface area contributed by atoms with Crippen molar-refractivity contribution >= 4 is 23.5 Å². The van der Waals surface area contributed by atoms with Gasteiger partial charge in [-0.05, 0) is 24.9 Å². The predicted octanol–water partition coefficient (Wildman–Crippen LogP) is 0.990. The molecule has 18 heavy (non-hydrogen) atoms. The van der Waals surface area contributed by atoms with Crippen molar-refractivity contribution in [3.63, 3.8) is 0 Å². The second-order valence-electron chi connectivity index (χ2n) is 3.77. The summed E-state index contributed by atoms with van der Waals surface area (Å²) in [6.07, 6.45) is 1.01. The molecule has 0 spiro atoms. The van der Waals surface area contributed by atoms with Gasteiger partial charge in [0.1, 0.15) is 0 Å². The lowest BCUT2D eigenvalue weighted by molar-refractivity contribution is -0.118. The standard InChI is InChI=1S/C10H16ClN5O2/c1-3-4-18-10-15-8(11)14-9(16-10)13-6(2)5-7(12)17/h6H,3-5H2,1-2H3,(H2,12,17)(H,13,14,15,16). The van der Waals surface area contributed by atoms with Crippen LogP contribution < -0.4 is 15.8 Å². The van der Waals surface area contributed by atoms with E-state index in [4.69, 9.17) is 22.1 Å². The number of hydrogen-bond donors (Lipinski definition) is 2. The number of primary amides is 1. The molecule has 0 aromatic carbocycles. The van der Waals surface area contributed by atoms with Crippen LogP contribution in [0.1, 0.15) is 26.7 Å². The number of halogens is 1. The van der Waals surface area contributed by atoms with Gasteiger partial charge in [0.15, 0.2) is 0 Å². The molecule has 0 radical (unpaired) electrons. The summed E-state index contributed by atoms with van der Waals surface area (Å²) in [7, 11) is 0. The molecule has 100 valence electrons. The van der Waals surface area contributed by atoms with Crippen LogP contribution in [0.4, 0.5) is 5.95 Å². The first-order chi connectivity index (χ1) is 8.51. The van der Waals surface area contributed by atoms with Crippen molar-refractivity contribution in [3.8, 4) is 6.01 Å². The van der Waals surface area contributed by atoms with Gasteiger partial charge in [-0.3, -0.25) is 4.79 Å². The van der Waals surface area contributed by atoms with E-state index in [0.717, 1.165) is 6.42 Å². The topological polar surface area (TPSA) is 103 Å². The molecule has 0 saturated carbocycles. The molecule has 1 rings (SSSR count). The summed E-state index contributed by atoms with van der Waals surface area (Å²) in [5.41, 5.74) is 5.09. The van der Waals surface area contributed by atoms with Gasteiger partial charge in [0.05, 0.1) is 6.61 Å². The molecule has 3 N–H and O–H groups in total. The van der Waals surface area contributed by atoms with Gasteiger partial charge in [-0.2, -0.15) is 15.0 Å². The molecule has 1 heterocycles. The summed E-state index contributed by atoms with van der Waals surface area (Å²) >= 11 is 5.74. The van der Waals surface area contributed by atoms with E-state index in [1.807, 2.05) is 6.92 Å². The van der Waals surface area contributed by atoms with E-state index in [9.17, 15) is 4.79 Å². The normalized spacial score (nSPS) is 11.9. The molecule has 0 aliphatic carbocycles. The van der Waals surface area contributed by atoms with Crippen LogP contribution in [0.3, 0.4) is 0 Å². The van der Waals surface area contributed by atoms with Crippen molar-refractivity contribution in [2.75, 3.05) is 11.9 Å². The van der Waals surface area contributed by atoms with Gasteiger partial charge < -0.3 is 15.8 Å². The summed E-state index contributed by atoms with van der Waals surface area (Å²) in [4.78, 5) is 22.5. The number of anilines is 1. The van der Waals surface area contributed by atoms with Crippen LogP contribution >= 0.6 is 11.6 Å². The molecule has 1 aromatic rings. The largest absolute Gasteiger partial charge is 0.463 e. The lowest BCUT2D eigenvalue weighted by Gasteiger charge is -2.12. The van der Waals surface area contributed by atoms with Gasteiger partial charge in [0.25, 0.3) is 0 Å². The van der Waals surface area contributed by atoms with Crippen LogP contribution in [0.5, 0.6) is 6.01 Å². The van der Waals surface area contributed by atoms with Gasteiger partial charge in [-0.1, -0.05) is 6.92 Å². The SMILES string of the molecule is CCCOc1nc(Cl)nc(NC(C)CC(N)=O)n1. The molecule has 0 aliphatic heterocycles. The molecule has 0 bridgehead atoms. The van der Waals surface area contributed by atoms with Gasteiger partial charge in [0.2, 0.25) is 17.1 Å². The summed E-state index contributed by atoms with van der Waals surface area (Å²) in [5, 5.41) is 2.94. The van der Waals surface area contributed by atoms with Crippen LogP contribution in [0.2, 0.25) is 5.28 Å². The average molecular weight is 274 g/mol. The fourth-order valence-electron chi connectivity index (χ4n) is 1.23. The maximum Gasteiger partial charge on any atom is 0.322 e. The second kappa shape index (κ2) is 6.95. The molecular formula is C10H16ClN5O2. The molecule has 0 fully saturated rings. The Bertz CT molecular complexity index is 415. The fourth-order valence-corrected chi connectivity index (χ4v) is 1.38. The summed E-state index contributed by atoms with van der Waals surface area (Å²) < 4.78 is 5.26. The Morgan fingerprint density at radius 3 is 2.83 bits per heavy atom. The van der Waals surface area contributed by atoms with Crippen LogP contribution in [0.15, 0.2) is 0 Å². The number of aromatic nitrogens is 3. The molecule has 1 atom stereocenters. The molecule has 1 unspecified atom stereocenters. The van der Waals surface area contributed by atoms with E-state index in [2.05, 4.69) is 20.3 Å². The highest BCUT2D eigenvalue weighted by Crippen LogP contribution is 2.12. The van der Waals surface area contributed by atoms with Crippen LogP contribution in [-0.4, -0.2) is 33.5 Å². The van der Waals surface area contributed by atoms with E-state index in [0.29, 0.717) is 6.61 Å². The van der Waals surface area contributed by atoms with Crippen molar-refractivity contribution in [1.82, 2.24) is 15.0 Å². The number of carbonyl (C=O) groups is 1. The zero-order valence-electron chi connectivity index (χ0n) is 10.3. The minimum absolute atomic E-state index is 0.0323. The summed E-state index contributed by atoms with van der Waals surface area (Å²) in [6, 6.07) is -0.0365. The number of hydrogen-bond acceptors (Lipinski definition) is 6.